The number of nitrogens with zero attached hydrogens (tertiary/aromatic N) is 1. The number of hydrogen-bond acceptors (Lipinski definition) is 5. The van der Waals surface area contributed by atoms with Crippen LogP contribution >= 0.6 is 11.3 Å². The summed E-state index contributed by atoms with van der Waals surface area (Å²) in [6.45, 7) is 7.31. The molecule has 0 bridgehead atoms. The molecule has 6 heteroatoms. The van der Waals surface area contributed by atoms with Crippen LogP contribution in [-0.4, -0.2) is 18.1 Å². The third-order valence-electron chi connectivity index (χ3n) is 3.50. The quantitative estimate of drug-likeness (QED) is 0.793. The second-order valence-electron chi connectivity index (χ2n) is 5.45. The largest absolute Gasteiger partial charge is 0.465 e. The van der Waals surface area contributed by atoms with Crippen molar-refractivity contribution in [1.82, 2.24) is 5.06 Å². The van der Waals surface area contributed by atoms with Gasteiger partial charge in [-0.15, -0.1) is 21.6 Å². The van der Waals surface area contributed by atoms with E-state index in [4.69, 9.17) is 10.5 Å². The van der Waals surface area contributed by atoms with E-state index in [1.807, 2.05) is 27.7 Å². The molecule has 0 saturated heterocycles. The smallest absolute Gasteiger partial charge is 0.350 e. The molecule has 1 radical (unpaired) electrons. The molecule has 1 aromatic heterocycles. The Hall–Kier alpha value is -1.11. The van der Waals surface area contributed by atoms with E-state index in [1.54, 1.807) is 0 Å². The van der Waals surface area contributed by atoms with Crippen molar-refractivity contribution in [3.8, 4) is 0 Å². The van der Waals surface area contributed by atoms with E-state index < -0.39 is 17.0 Å². The van der Waals surface area contributed by atoms with Crippen LogP contribution in [-0.2, 0) is 21.0 Å². The van der Waals surface area contributed by atoms with Gasteiger partial charge in [-0.1, -0.05) is 0 Å². The van der Waals surface area contributed by atoms with Crippen LogP contribution < -0.4 is 5.73 Å². The van der Waals surface area contributed by atoms with Gasteiger partial charge in [0.05, 0.1) is 23.9 Å². The number of hydrogen-bond donors (Lipinski definition) is 1. The van der Waals surface area contributed by atoms with Crippen LogP contribution in [0.1, 0.15) is 47.8 Å². The Labute approximate surface area is 110 Å². The summed E-state index contributed by atoms with van der Waals surface area (Å²) in [5.41, 5.74) is 5.76. The minimum Gasteiger partial charge on any atom is -0.465 e. The molecule has 99 valence electrons. The number of carbonyl (C=O) groups excluding carboxylic acids is 1. The second-order valence-corrected chi connectivity index (χ2v) is 6.47. The van der Waals surface area contributed by atoms with Gasteiger partial charge in [0.15, 0.2) is 0 Å². The number of fused-ring (bicyclic) bond motifs is 1. The van der Waals surface area contributed by atoms with Crippen molar-refractivity contribution in [1.29, 1.82) is 0 Å². The van der Waals surface area contributed by atoms with Crippen molar-refractivity contribution in [3.05, 3.63) is 15.3 Å². The number of methoxy groups -OCH3 is 1. The molecule has 0 saturated carbocycles. The lowest BCUT2D eigenvalue weighted by Gasteiger charge is -2.32. The number of rotatable bonds is 1. The zero-order chi connectivity index (χ0) is 13.9. The second kappa shape index (κ2) is 3.69. The molecule has 2 rings (SSSR count). The zero-order valence-corrected chi connectivity index (χ0v) is 12.0. The minimum absolute atomic E-state index is 0.373. The Bertz CT molecular complexity index is 520. The van der Waals surface area contributed by atoms with Gasteiger partial charge in [-0.2, -0.15) is 0 Å². The van der Waals surface area contributed by atoms with Gasteiger partial charge in [-0.05, 0) is 27.7 Å². The maximum Gasteiger partial charge on any atom is 0.350 e. The van der Waals surface area contributed by atoms with Crippen LogP contribution in [0.5, 0.6) is 0 Å². The molecule has 0 aromatic carbocycles. The first-order chi connectivity index (χ1) is 8.15. The summed E-state index contributed by atoms with van der Waals surface area (Å²) >= 11 is 1.25. The van der Waals surface area contributed by atoms with Crippen LogP contribution in [0, 0.1) is 0 Å². The van der Waals surface area contributed by atoms with Crippen molar-refractivity contribution < 1.29 is 14.7 Å². The number of nitrogen functional groups attached to an aromatic ring is 1. The summed E-state index contributed by atoms with van der Waals surface area (Å²) in [4.78, 5) is 12.9. The number of ether oxygens (including phenoxy) is 1. The highest BCUT2D eigenvalue weighted by atomic mass is 32.1. The minimum atomic E-state index is -0.730. The van der Waals surface area contributed by atoms with Crippen molar-refractivity contribution in [2.45, 2.75) is 38.8 Å². The monoisotopic (exact) mass is 269 g/mol. The van der Waals surface area contributed by atoms with Gasteiger partial charge in [0.25, 0.3) is 0 Å². The highest BCUT2D eigenvalue weighted by molar-refractivity contribution is 7.15. The predicted molar refractivity (Wildman–Crippen MR) is 68.6 cm³/mol. The molecule has 0 spiro atoms. The summed E-state index contributed by atoms with van der Waals surface area (Å²) < 4.78 is 4.72. The molecule has 0 fully saturated rings. The van der Waals surface area contributed by atoms with Crippen molar-refractivity contribution >= 4 is 23.0 Å². The van der Waals surface area contributed by atoms with Crippen LogP contribution in [0.25, 0.3) is 0 Å². The molecule has 18 heavy (non-hydrogen) atoms. The Morgan fingerprint density at radius 1 is 1.28 bits per heavy atom. The van der Waals surface area contributed by atoms with Gasteiger partial charge >= 0.3 is 5.97 Å². The van der Waals surface area contributed by atoms with Crippen molar-refractivity contribution in [2.75, 3.05) is 12.8 Å². The van der Waals surface area contributed by atoms with Gasteiger partial charge in [0.1, 0.15) is 4.88 Å². The molecule has 2 heterocycles. The lowest BCUT2D eigenvalue weighted by Crippen LogP contribution is -2.41. The highest BCUT2D eigenvalue weighted by Gasteiger charge is 2.53. The summed E-state index contributed by atoms with van der Waals surface area (Å²) in [6.07, 6.45) is 0. The highest BCUT2D eigenvalue weighted by Crippen LogP contribution is 2.55. The van der Waals surface area contributed by atoms with Crippen LogP contribution in [0.15, 0.2) is 0 Å². The number of esters is 1. The Morgan fingerprint density at radius 2 is 1.83 bits per heavy atom. The first-order valence-electron chi connectivity index (χ1n) is 5.64. The molecule has 0 atom stereocenters. The van der Waals surface area contributed by atoms with E-state index in [-0.39, 0.29) is 0 Å². The van der Waals surface area contributed by atoms with Gasteiger partial charge in [0, 0.05) is 10.4 Å². The van der Waals surface area contributed by atoms with E-state index in [0.29, 0.717) is 10.6 Å². The summed E-state index contributed by atoms with van der Waals surface area (Å²) in [5, 5.41) is 13.4. The number of thiophene rings is 1. The molecule has 1 aromatic rings. The number of nitrogens with two attached hydrogens (primary N) is 1. The Kier molecular flexibility index (Phi) is 2.73. The first kappa shape index (κ1) is 13.3. The average molecular weight is 269 g/mol. The average Bonchev–Trinajstić information content (AvgIpc) is 2.70. The summed E-state index contributed by atoms with van der Waals surface area (Å²) in [7, 11) is 1.32. The molecule has 5 nitrogen and oxygen atoms in total. The molecule has 0 unspecified atom stereocenters. The maximum atomic E-state index is 12.3. The first-order valence-corrected chi connectivity index (χ1v) is 6.46. The van der Waals surface area contributed by atoms with Gasteiger partial charge in [-0.25, -0.2) is 4.79 Å². The predicted octanol–water partition coefficient (Wildman–Crippen LogP) is 2.25. The fourth-order valence-electron chi connectivity index (χ4n) is 2.62. The lowest BCUT2D eigenvalue weighted by atomic mass is 9.96. The van der Waals surface area contributed by atoms with E-state index in [0.717, 1.165) is 15.5 Å². The van der Waals surface area contributed by atoms with Gasteiger partial charge in [0.2, 0.25) is 0 Å². The normalized spacial score (nSPS) is 20.8. The molecule has 2 N–H and O–H groups in total. The van der Waals surface area contributed by atoms with E-state index in [1.165, 1.54) is 18.4 Å². The Balaban J connectivity index is 2.70. The van der Waals surface area contributed by atoms with Crippen LogP contribution in [0.3, 0.4) is 0 Å². The number of hydroxylamine groups is 2. The third kappa shape index (κ3) is 1.43. The van der Waals surface area contributed by atoms with E-state index in [2.05, 4.69) is 0 Å². The number of carbonyl (C=O) groups is 1. The SMILES string of the molecule is COC(=O)c1sc2c(c1N)C(C)(C)N([O])C2(C)C. The lowest BCUT2D eigenvalue weighted by molar-refractivity contribution is -0.265. The van der Waals surface area contributed by atoms with Gasteiger partial charge < -0.3 is 10.5 Å². The molecule has 1 aliphatic heterocycles. The summed E-state index contributed by atoms with van der Waals surface area (Å²) in [6, 6.07) is 0. The zero-order valence-electron chi connectivity index (χ0n) is 11.2. The van der Waals surface area contributed by atoms with Crippen molar-refractivity contribution in [2.24, 2.45) is 0 Å². The fraction of sp³-hybridized carbons (Fsp3) is 0.583. The maximum absolute atomic E-state index is 12.3. The molecular formula is C12H17N2O3S. The van der Waals surface area contributed by atoms with E-state index >= 15 is 0 Å². The van der Waals surface area contributed by atoms with E-state index in [9.17, 15) is 10.0 Å². The standard InChI is InChI=1S/C12H17N2O3S/c1-11(2)6-7(13)8(10(15)17-5)18-9(6)12(3,4)14(11)16/h13H2,1-5H3. The van der Waals surface area contributed by atoms with Crippen LogP contribution in [0.4, 0.5) is 5.69 Å². The van der Waals surface area contributed by atoms with Gasteiger partial charge in [-0.3, -0.25) is 0 Å². The third-order valence-corrected chi connectivity index (χ3v) is 5.00. The topological polar surface area (TPSA) is 75.5 Å². The molecule has 1 aliphatic rings. The van der Waals surface area contributed by atoms with Crippen LogP contribution in [0.2, 0.25) is 0 Å². The van der Waals surface area contributed by atoms with Crippen molar-refractivity contribution in [3.63, 3.8) is 0 Å². The Morgan fingerprint density at radius 3 is 2.28 bits per heavy atom. The number of anilines is 1. The molecular weight excluding hydrogens is 252 g/mol. The summed E-state index contributed by atoms with van der Waals surface area (Å²) in [5.74, 6) is -0.448. The molecule has 0 amide bonds. The molecule has 0 aliphatic carbocycles. The fourth-order valence-corrected chi connectivity index (χ4v) is 4.00.